The Balaban J connectivity index is 1.29. The Morgan fingerprint density at radius 1 is 0.968 bits per heavy atom. The quantitative estimate of drug-likeness (QED) is 0.285. The average Bonchev–Trinajstić information content (AvgIpc) is 2.81. The van der Waals surface area contributed by atoms with E-state index in [9.17, 15) is 4.39 Å². The van der Waals surface area contributed by atoms with E-state index in [-0.39, 0.29) is 5.82 Å². The lowest BCUT2D eigenvalue weighted by Crippen LogP contribution is -2.35. The minimum Gasteiger partial charge on any atom is -0.486 e. The molecule has 0 bridgehead atoms. The lowest BCUT2D eigenvalue weighted by Gasteiger charge is -2.45. The Labute approximate surface area is 189 Å². The van der Waals surface area contributed by atoms with Gasteiger partial charge in [0.05, 0.1) is 0 Å². The van der Waals surface area contributed by atoms with E-state index in [1.165, 1.54) is 76.2 Å². The molecule has 4 rings (SSSR count). The van der Waals surface area contributed by atoms with Crippen LogP contribution in [-0.2, 0) is 12.8 Å². The van der Waals surface area contributed by atoms with Gasteiger partial charge in [0.15, 0.2) is 11.6 Å². The highest BCUT2D eigenvalue weighted by molar-refractivity contribution is 5.39. The second-order valence-electron chi connectivity index (χ2n) is 10.7. The Hall–Kier alpha value is -1.31. The van der Waals surface area contributed by atoms with Gasteiger partial charge < -0.3 is 4.74 Å². The van der Waals surface area contributed by atoms with Gasteiger partial charge in [-0.05, 0) is 98.1 Å². The van der Waals surface area contributed by atoms with Crippen molar-refractivity contribution in [1.82, 2.24) is 0 Å². The van der Waals surface area contributed by atoms with Gasteiger partial charge in [0.25, 0.3) is 0 Å². The van der Waals surface area contributed by atoms with Crippen LogP contribution < -0.4 is 4.74 Å². The first-order chi connectivity index (χ1) is 15.2. The largest absolute Gasteiger partial charge is 0.486 e. The molecule has 5 atom stereocenters. The van der Waals surface area contributed by atoms with Crippen LogP contribution in [0.3, 0.4) is 0 Å². The lowest BCUT2D eigenvalue weighted by atomic mass is 9.61. The fourth-order valence-corrected chi connectivity index (χ4v) is 7.05. The first-order valence-corrected chi connectivity index (χ1v) is 13.2. The summed E-state index contributed by atoms with van der Waals surface area (Å²) in [6.45, 7) is 6.33. The van der Waals surface area contributed by atoms with Crippen molar-refractivity contribution in [2.75, 3.05) is 6.61 Å². The third-order valence-corrected chi connectivity index (χ3v) is 8.80. The molecule has 2 saturated carbocycles. The maximum Gasteiger partial charge on any atom is 0.168 e. The van der Waals surface area contributed by atoms with Crippen molar-refractivity contribution in [3.8, 4) is 5.75 Å². The molecule has 3 aliphatic rings. The van der Waals surface area contributed by atoms with Gasteiger partial charge in [0.2, 0.25) is 0 Å². The lowest BCUT2D eigenvalue weighted by molar-refractivity contribution is 0.0688. The number of halogens is 1. The zero-order chi connectivity index (χ0) is 21.6. The maximum atomic E-state index is 14.9. The number of hydrogen-bond acceptors (Lipinski definition) is 1. The molecule has 2 heteroatoms. The number of unbranched alkanes of at least 4 members (excludes halogenated alkanes) is 3. The molecule has 0 radical (unpaired) electrons. The Bertz CT molecular complexity index is 726. The van der Waals surface area contributed by atoms with Gasteiger partial charge in [0, 0.05) is 0 Å². The Kier molecular flexibility index (Phi) is 8.13. The van der Waals surface area contributed by atoms with Gasteiger partial charge in [-0.15, -0.1) is 0 Å². The van der Waals surface area contributed by atoms with Crippen LogP contribution >= 0.6 is 0 Å². The zero-order valence-corrected chi connectivity index (χ0v) is 19.7. The van der Waals surface area contributed by atoms with Crippen molar-refractivity contribution in [3.63, 3.8) is 0 Å². The van der Waals surface area contributed by atoms with Crippen LogP contribution in [-0.4, -0.2) is 6.61 Å². The summed E-state index contributed by atoms with van der Waals surface area (Å²) < 4.78 is 20.4. The molecule has 1 aromatic carbocycles. The number of rotatable bonds is 9. The first kappa shape index (κ1) is 22.9. The minimum absolute atomic E-state index is 0.126. The van der Waals surface area contributed by atoms with E-state index >= 15 is 0 Å². The van der Waals surface area contributed by atoms with Crippen molar-refractivity contribution in [1.29, 1.82) is 0 Å². The van der Waals surface area contributed by atoms with Crippen molar-refractivity contribution in [2.24, 2.45) is 29.6 Å². The van der Waals surface area contributed by atoms with Crippen molar-refractivity contribution in [2.45, 2.75) is 96.8 Å². The van der Waals surface area contributed by atoms with Crippen LogP contribution in [0, 0.1) is 35.4 Å². The molecule has 1 aromatic rings. The fraction of sp³-hybridized carbons (Fsp3) is 0.724. The summed E-state index contributed by atoms with van der Waals surface area (Å²) in [5, 5.41) is 0. The molecule has 0 amide bonds. The van der Waals surface area contributed by atoms with Crippen LogP contribution in [0.15, 0.2) is 24.8 Å². The summed E-state index contributed by atoms with van der Waals surface area (Å²) in [5.41, 5.74) is 2.15. The number of ether oxygens (including phenoxy) is 1. The highest BCUT2D eigenvalue weighted by atomic mass is 19.1. The van der Waals surface area contributed by atoms with E-state index in [1.807, 2.05) is 6.07 Å². The summed E-state index contributed by atoms with van der Waals surface area (Å²) in [6, 6.07) is 3.96. The third kappa shape index (κ3) is 5.55. The molecule has 0 spiro atoms. The SMILES string of the molecule is C=CCOc1ccc2c(c1F)CCC(C1CCC3CC(CCCCCC)CCC3C1)C2. The van der Waals surface area contributed by atoms with E-state index in [0.717, 1.165) is 54.4 Å². The standard InChI is InChI=1S/C29H43FO/c1-3-5-6-7-8-21-9-10-23-19-24(12-11-22(23)18-21)25-13-15-27-26(20-25)14-16-28(29(27)30)31-17-4-2/h4,14,16,21-25H,2-3,5-13,15,17-20H2,1H3. The Morgan fingerprint density at radius 2 is 1.74 bits per heavy atom. The maximum absolute atomic E-state index is 14.9. The molecular weight excluding hydrogens is 383 g/mol. The summed E-state index contributed by atoms with van der Waals surface area (Å²) in [5.74, 6) is 4.85. The molecule has 3 aliphatic carbocycles. The molecule has 0 N–H and O–H groups in total. The van der Waals surface area contributed by atoms with E-state index in [2.05, 4.69) is 19.6 Å². The fourth-order valence-electron chi connectivity index (χ4n) is 7.05. The van der Waals surface area contributed by atoms with E-state index < -0.39 is 0 Å². The monoisotopic (exact) mass is 426 g/mol. The summed E-state index contributed by atoms with van der Waals surface area (Å²) in [4.78, 5) is 0. The van der Waals surface area contributed by atoms with Crippen LogP contribution in [0.4, 0.5) is 4.39 Å². The van der Waals surface area contributed by atoms with Gasteiger partial charge in [-0.25, -0.2) is 4.39 Å². The number of benzene rings is 1. The number of hydrogen-bond donors (Lipinski definition) is 0. The van der Waals surface area contributed by atoms with Gasteiger partial charge in [-0.2, -0.15) is 0 Å². The van der Waals surface area contributed by atoms with Crippen molar-refractivity contribution < 1.29 is 9.13 Å². The van der Waals surface area contributed by atoms with Crippen LogP contribution in [0.5, 0.6) is 5.75 Å². The molecule has 0 heterocycles. The Morgan fingerprint density at radius 3 is 2.55 bits per heavy atom. The van der Waals surface area contributed by atoms with Crippen LogP contribution in [0.25, 0.3) is 0 Å². The molecule has 5 unspecified atom stereocenters. The highest BCUT2D eigenvalue weighted by Gasteiger charge is 2.38. The molecule has 31 heavy (non-hydrogen) atoms. The van der Waals surface area contributed by atoms with E-state index in [0.29, 0.717) is 12.4 Å². The second-order valence-corrected chi connectivity index (χ2v) is 10.7. The predicted molar refractivity (Wildman–Crippen MR) is 128 cm³/mol. The molecular formula is C29H43FO. The van der Waals surface area contributed by atoms with Crippen molar-refractivity contribution >= 4 is 0 Å². The van der Waals surface area contributed by atoms with Gasteiger partial charge in [-0.1, -0.05) is 64.2 Å². The van der Waals surface area contributed by atoms with Gasteiger partial charge >= 0.3 is 0 Å². The van der Waals surface area contributed by atoms with Gasteiger partial charge in [-0.3, -0.25) is 0 Å². The van der Waals surface area contributed by atoms with E-state index in [4.69, 9.17) is 4.74 Å². The van der Waals surface area contributed by atoms with Gasteiger partial charge in [0.1, 0.15) is 6.61 Å². The zero-order valence-electron chi connectivity index (χ0n) is 19.7. The smallest absolute Gasteiger partial charge is 0.168 e. The summed E-state index contributed by atoms with van der Waals surface area (Å²) in [6.07, 6.45) is 20.7. The molecule has 1 nitrogen and oxygen atoms in total. The summed E-state index contributed by atoms with van der Waals surface area (Å²) >= 11 is 0. The normalized spacial score (nSPS) is 30.3. The molecule has 2 fully saturated rings. The average molecular weight is 427 g/mol. The number of fused-ring (bicyclic) bond motifs is 2. The highest BCUT2D eigenvalue weighted by Crippen LogP contribution is 2.49. The molecule has 0 aliphatic heterocycles. The molecule has 0 saturated heterocycles. The minimum atomic E-state index is -0.126. The molecule has 172 valence electrons. The van der Waals surface area contributed by atoms with Crippen LogP contribution in [0.1, 0.15) is 95.1 Å². The third-order valence-electron chi connectivity index (χ3n) is 8.80. The predicted octanol–water partition coefficient (Wildman–Crippen LogP) is 8.30. The van der Waals surface area contributed by atoms with E-state index in [1.54, 1.807) is 6.08 Å². The summed E-state index contributed by atoms with van der Waals surface area (Å²) in [7, 11) is 0. The topological polar surface area (TPSA) is 9.23 Å². The molecule has 0 aromatic heterocycles. The first-order valence-electron chi connectivity index (χ1n) is 13.2. The second kappa shape index (κ2) is 11.0. The van der Waals surface area contributed by atoms with Crippen molar-refractivity contribution in [3.05, 3.63) is 41.7 Å². The van der Waals surface area contributed by atoms with Crippen LogP contribution in [0.2, 0.25) is 0 Å².